The van der Waals surface area contributed by atoms with E-state index in [0.29, 0.717) is 19.3 Å². The Balaban J connectivity index is 1.49. The van der Waals surface area contributed by atoms with Crippen molar-refractivity contribution >= 4 is 17.5 Å². The Bertz CT molecular complexity index is 907. The van der Waals surface area contributed by atoms with Crippen LogP contribution in [0.15, 0.2) is 11.6 Å². The number of esters is 1. The van der Waals surface area contributed by atoms with Crippen molar-refractivity contribution in [2.75, 3.05) is 13.7 Å². The van der Waals surface area contributed by atoms with Crippen LogP contribution in [-0.2, 0) is 28.6 Å². The predicted molar refractivity (Wildman–Crippen MR) is 105 cm³/mol. The van der Waals surface area contributed by atoms with Crippen molar-refractivity contribution in [2.24, 2.45) is 28.6 Å². The Kier molecular flexibility index (Phi) is 3.60. The zero-order valence-electron chi connectivity index (χ0n) is 18.0. The van der Waals surface area contributed by atoms with Crippen LogP contribution in [0.25, 0.3) is 0 Å². The van der Waals surface area contributed by atoms with Gasteiger partial charge in [-0.25, -0.2) is 0 Å². The van der Waals surface area contributed by atoms with Gasteiger partial charge in [-0.3, -0.25) is 14.4 Å². The Morgan fingerprint density at radius 1 is 1.23 bits per heavy atom. The van der Waals surface area contributed by atoms with Crippen molar-refractivity contribution in [3.05, 3.63) is 11.6 Å². The standard InChI is InChI=1S/C24H30O6/c1-21-6-4-14(25)8-13(21)9-16(20(27)28-3)19-17-5-7-23(10-15(26)12-29-23)22(17,2)11-18-24(19,21)30-18/h8,16-19H,4-7,9-12H2,1-3H3/t16-,17+,18-,19-,21+,22+,23-,24-/m1/s1. The van der Waals surface area contributed by atoms with Crippen LogP contribution >= 0.6 is 0 Å². The summed E-state index contributed by atoms with van der Waals surface area (Å²) in [6, 6.07) is 0. The summed E-state index contributed by atoms with van der Waals surface area (Å²) in [4.78, 5) is 37.5. The topological polar surface area (TPSA) is 82.2 Å². The molecule has 0 amide bonds. The summed E-state index contributed by atoms with van der Waals surface area (Å²) in [7, 11) is 1.45. The van der Waals surface area contributed by atoms with Crippen LogP contribution in [0.5, 0.6) is 0 Å². The van der Waals surface area contributed by atoms with Crippen LogP contribution < -0.4 is 0 Å². The fourth-order valence-electron chi connectivity index (χ4n) is 8.65. The Morgan fingerprint density at radius 2 is 2.03 bits per heavy atom. The third kappa shape index (κ3) is 1.97. The van der Waals surface area contributed by atoms with Gasteiger partial charge in [-0.05, 0) is 44.1 Å². The molecule has 8 atom stereocenters. The molecule has 0 aromatic carbocycles. The SMILES string of the molecule is COC(=O)[C@@H]1CC2=CC(=O)CC[C@]2(C)[C@@]23O[C@@H]2C[C@@]2(C)[C@@H](CC[C@@]24CC(=O)CO4)[C@@H]13. The van der Waals surface area contributed by atoms with Gasteiger partial charge in [-0.15, -0.1) is 0 Å². The van der Waals surface area contributed by atoms with Gasteiger partial charge < -0.3 is 14.2 Å². The minimum Gasteiger partial charge on any atom is -0.469 e. The van der Waals surface area contributed by atoms with Crippen LogP contribution in [0.4, 0.5) is 0 Å². The summed E-state index contributed by atoms with van der Waals surface area (Å²) < 4.78 is 18.1. The fourth-order valence-corrected chi connectivity index (χ4v) is 8.65. The lowest BCUT2D eigenvalue weighted by Gasteiger charge is -2.58. The maximum absolute atomic E-state index is 13.0. The van der Waals surface area contributed by atoms with E-state index >= 15 is 0 Å². The highest BCUT2D eigenvalue weighted by atomic mass is 16.6. The van der Waals surface area contributed by atoms with Gasteiger partial charge in [0.05, 0.1) is 24.7 Å². The number of Topliss-reactive ketones (excluding diaryl/α,β-unsaturated/α-hetero) is 1. The molecule has 0 bridgehead atoms. The van der Waals surface area contributed by atoms with E-state index in [-0.39, 0.29) is 58.8 Å². The number of hydrogen-bond acceptors (Lipinski definition) is 6. The van der Waals surface area contributed by atoms with Crippen molar-refractivity contribution in [3.63, 3.8) is 0 Å². The van der Waals surface area contributed by atoms with Gasteiger partial charge in [0, 0.05) is 29.6 Å². The van der Waals surface area contributed by atoms with Gasteiger partial charge in [0.1, 0.15) is 12.2 Å². The summed E-state index contributed by atoms with van der Waals surface area (Å²) >= 11 is 0. The maximum Gasteiger partial charge on any atom is 0.309 e. The predicted octanol–water partition coefficient (Wildman–Crippen LogP) is 2.78. The molecule has 4 aliphatic carbocycles. The Labute approximate surface area is 176 Å². The Morgan fingerprint density at radius 3 is 2.73 bits per heavy atom. The van der Waals surface area contributed by atoms with Gasteiger partial charge in [-0.2, -0.15) is 0 Å². The van der Waals surface area contributed by atoms with Crippen molar-refractivity contribution < 1.29 is 28.6 Å². The number of carbonyl (C=O) groups excluding carboxylic acids is 3. The van der Waals surface area contributed by atoms with Crippen LogP contribution in [0.3, 0.4) is 0 Å². The first kappa shape index (κ1) is 19.2. The second-order valence-electron chi connectivity index (χ2n) is 11.0. The lowest BCUT2D eigenvalue weighted by molar-refractivity contribution is -0.163. The number of methoxy groups -OCH3 is 1. The average Bonchev–Trinajstić information content (AvgIpc) is 3.20. The van der Waals surface area contributed by atoms with E-state index in [0.717, 1.165) is 31.3 Å². The molecule has 6 heteroatoms. The fraction of sp³-hybridized carbons (Fsp3) is 0.792. The molecule has 2 aliphatic heterocycles. The molecule has 5 fully saturated rings. The molecular formula is C24H30O6. The molecule has 0 aromatic rings. The molecule has 30 heavy (non-hydrogen) atoms. The quantitative estimate of drug-likeness (QED) is 0.485. The zero-order valence-corrected chi connectivity index (χ0v) is 18.0. The Hall–Kier alpha value is -1.53. The smallest absolute Gasteiger partial charge is 0.309 e. The number of hydrogen-bond donors (Lipinski definition) is 0. The van der Waals surface area contributed by atoms with Crippen LogP contribution in [0.1, 0.15) is 58.8 Å². The molecule has 6 nitrogen and oxygen atoms in total. The molecule has 2 saturated heterocycles. The maximum atomic E-state index is 13.0. The molecule has 6 rings (SSSR count). The number of carbonyl (C=O) groups is 3. The summed E-state index contributed by atoms with van der Waals surface area (Å²) in [5.74, 6) is 0.0772. The minimum absolute atomic E-state index is 0.0303. The zero-order chi connectivity index (χ0) is 21.1. The lowest BCUT2D eigenvalue weighted by atomic mass is 9.43. The van der Waals surface area contributed by atoms with Crippen LogP contribution in [0, 0.1) is 28.6 Å². The number of epoxide rings is 1. The lowest BCUT2D eigenvalue weighted by Crippen LogP contribution is -2.63. The first-order valence-corrected chi connectivity index (χ1v) is 11.4. The second kappa shape index (κ2) is 5.63. The second-order valence-corrected chi connectivity index (χ2v) is 11.0. The highest BCUT2D eigenvalue weighted by Gasteiger charge is 2.83. The normalized spacial score (nSPS) is 53.5. The highest BCUT2D eigenvalue weighted by molar-refractivity contribution is 5.92. The number of ketones is 2. The number of fused-ring (bicyclic) bond motifs is 4. The van der Waals surface area contributed by atoms with E-state index in [1.54, 1.807) is 6.08 Å². The van der Waals surface area contributed by atoms with Gasteiger partial charge >= 0.3 is 5.97 Å². The van der Waals surface area contributed by atoms with E-state index in [1.807, 2.05) is 0 Å². The van der Waals surface area contributed by atoms with Crippen molar-refractivity contribution in [2.45, 2.75) is 76.1 Å². The molecular weight excluding hydrogens is 384 g/mol. The van der Waals surface area contributed by atoms with Crippen molar-refractivity contribution in [3.8, 4) is 0 Å². The molecule has 2 heterocycles. The van der Waals surface area contributed by atoms with E-state index in [4.69, 9.17) is 14.2 Å². The van der Waals surface area contributed by atoms with Crippen LogP contribution in [0.2, 0.25) is 0 Å². The summed E-state index contributed by atoms with van der Waals surface area (Å²) in [6.07, 6.45) is 6.84. The van der Waals surface area contributed by atoms with Gasteiger partial charge in [0.25, 0.3) is 0 Å². The van der Waals surface area contributed by atoms with E-state index < -0.39 is 11.2 Å². The van der Waals surface area contributed by atoms with Crippen molar-refractivity contribution in [1.82, 2.24) is 0 Å². The largest absolute Gasteiger partial charge is 0.469 e. The summed E-state index contributed by atoms with van der Waals surface area (Å²) in [6.45, 7) is 4.72. The summed E-state index contributed by atoms with van der Waals surface area (Å²) in [5.41, 5.74) is -0.175. The third-order valence-corrected chi connectivity index (χ3v) is 10.2. The van der Waals surface area contributed by atoms with E-state index in [1.165, 1.54) is 7.11 Å². The molecule has 0 radical (unpaired) electrons. The van der Waals surface area contributed by atoms with Crippen LogP contribution in [-0.4, -0.2) is 48.6 Å². The molecule has 3 saturated carbocycles. The average molecular weight is 414 g/mol. The molecule has 0 unspecified atom stereocenters. The first-order chi connectivity index (χ1) is 14.2. The van der Waals surface area contributed by atoms with Gasteiger partial charge in [0.2, 0.25) is 0 Å². The molecule has 2 spiro atoms. The molecule has 6 aliphatic rings. The number of rotatable bonds is 1. The first-order valence-electron chi connectivity index (χ1n) is 11.4. The van der Waals surface area contributed by atoms with Gasteiger partial charge in [0.15, 0.2) is 11.6 Å². The summed E-state index contributed by atoms with van der Waals surface area (Å²) in [5, 5.41) is 0. The number of ether oxygens (including phenoxy) is 3. The van der Waals surface area contributed by atoms with E-state index in [9.17, 15) is 14.4 Å². The molecule has 162 valence electrons. The minimum atomic E-state index is -0.424. The highest BCUT2D eigenvalue weighted by Crippen LogP contribution is 2.78. The van der Waals surface area contributed by atoms with E-state index in [2.05, 4.69) is 13.8 Å². The van der Waals surface area contributed by atoms with Crippen molar-refractivity contribution in [1.29, 1.82) is 0 Å². The monoisotopic (exact) mass is 414 g/mol. The molecule has 0 N–H and O–H groups in total. The third-order valence-electron chi connectivity index (χ3n) is 10.2. The van der Waals surface area contributed by atoms with Gasteiger partial charge in [-0.1, -0.05) is 19.4 Å². The molecule has 0 aromatic heterocycles.